The van der Waals surface area contributed by atoms with Gasteiger partial charge in [-0.15, -0.1) is 0 Å². The van der Waals surface area contributed by atoms with E-state index in [-0.39, 0.29) is 30.0 Å². The number of nitrogens with two attached hydrogens (primary N) is 1. The second-order valence-electron chi connectivity index (χ2n) is 8.30. The second kappa shape index (κ2) is 7.90. The molecule has 1 aromatic carbocycles. The number of carbonyl (C=O) groups excluding carboxylic acids is 1. The molecule has 166 valence electrons. The van der Waals surface area contributed by atoms with Gasteiger partial charge in [0.2, 0.25) is 11.8 Å². The van der Waals surface area contributed by atoms with Crippen molar-refractivity contribution >= 4 is 33.9 Å². The fourth-order valence-electron chi connectivity index (χ4n) is 4.33. The third kappa shape index (κ3) is 3.48. The number of benzene rings is 1. The number of fused-ring (bicyclic) bond motifs is 2. The van der Waals surface area contributed by atoms with Crippen molar-refractivity contribution in [1.29, 1.82) is 0 Å². The molecule has 0 radical (unpaired) electrons. The molecule has 9 heteroatoms. The molecule has 2 atom stereocenters. The number of halogens is 1. The molecule has 1 aliphatic heterocycles. The summed E-state index contributed by atoms with van der Waals surface area (Å²) in [5.74, 6) is 0.333. The van der Waals surface area contributed by atoms with Crippen molar-refractivity contribution in [1.82, 2.24) is 9.97 Å². The molecule has 1 fully saturated rings. The molecule has 2 aliphatic rings. The summed E-state index contributed by atoms with van der Waals surface area (Å²) < 4.78 is 20.8. The highest BCUT2D eigenvalue weighted by Crippen LogP contribution is 2.42. The van der Waals surface area contributed by atoms with E-state index < -0.39 is 5.82 Å². The van der Waals surface area contributed by atoms with E-state index in [9.17, 15) is 4.79 Å². The third-order valence-electron chi connectivity index (χ3n) is 6.25. The highest BCUT2D eigenvalue weighted by Gasteiger charge is 2.42. The third-order valence-corrected chi connectivity index (χ3v) is 6.25. The minimum Gasteiger partial charge on any atom is -0.474 e. The monoisotopic (exact) mass is 437 g/mol. The Kier molecular flexibility index (Phi) is 5.05. The number of hydrogen-bond acceptors (Lipinski definition) is 7. The van der Waals surface area contributed by atoms with Crippen molar-refractivity contribution in [2.24, 2.45) is 11.8 Å². The van der Waals surface area contributed by atoms with Gasteiger partial charge in [-0.1, -0.05) is 0 Å². The maximum Gasteiger partial charge on any atom is 0.237 e. The quantitative estimate of drug-likeness (QED) is 0.453. The van der Waals surface area contributed by atoms with Crippen LogP contribution in [-0.2, 0) is 4.79 Å². The molecule has 32 heavy (non-hydrogen) atoms. The lowest BCUT2D eigenvalue weighted by atomic mass is 9.97. The molecule has 8 nitrogen and oxygen atoms in total. The van der Waals surface area contributed by atoms with Gasteiger partial charge in [0.15, 0.2) is 5.82 Å². The first-order valence-corrected chi connectivity index (χ1v) is 10.6. The molecule has 1 aliphatic carbocycles. The van der Waals surface area contributed by atoms with Crippen LogP contribution in [0, 0.1) is 24.6 Å². The number of carbonyl (C=O) groups is 1. The van der Waals surface area contributed by atoms with E-state index in [1.807, 2.05) is 6.92 Å². The zero-order valence-electron chi connectivity index (χ0n) is 17.6. The van der Waals surface area contributed by atoms with Gasteiger partial charge < -0.3 is 26.2 Å². The maximum atomic E-state index is 15.2. The predicted molar refractivity (Wildman–Crippen MR) is 120 cm³/mol. The summed E-state index contributed by atoms with van der Waals surface area (Å²) in [4.78, 5) is 21.0. The number of nitrogens with one attached hydrogen (secondary N) is 2. The first-order chi connectivity index (χ1) is 15.5. The second-order valence-corrected chi connectivity index (χ2v) is 8.30. The molecule has 1 saturated carbocycles. The molecule has 1 amide bonds. The standard InChI is InChI=1S/C23H24FN5O3/c1-11-16(9-28-23-21(11)26-3-5-32-23)15-7-13-8-18(27-10-17(13)20(25)19(15)24)29-22(31)14-6-12(14)2-4-30/h7-10,12,14,26,30H,2-6,25H2,1H3,(H,27,29,31)/t12-,14+/m0/s1. The lowest BCUT2D eigenvalue weighted by molar-refractivity contribution is -0.117. The van der Waals surface area contributed by atoms with Crippen molar-refractivity contribution in [2.75, 3.05) is 36.1 Å². The molecular weight excluding hydrogens is 413 g/mol. The molecule has 5 N–H and O–H groups in total. The average molecular weight is 437 g/mol. The SMILES string of the molecule is Cc1c(-c2cc3cc(NC(=O)[C@@H]4C[C@@H]4CCO)ncc3c(N)c2F)cnc2c1NCCO2. The molecule has 0 saturated heterocycles. The van der Waals surface area contributed by atoms with E-state index in [0.717, 1.165) is 17.7 Å². The van der Waals surface area contributed by atoms with E-state index in [1.165, 1.54) is 6.20 Å². The lowest BCUT2D eigenvalue weighted by Crippen LogP contribution is -2.20. The molecule has 3 aromatic rings. The van der Waals surface area contributed by atoms with Crippen molar-refractivity contribution in [3.63, 3.8) is 0 Å². The molecule has 5 rings (SSSR count). The summed E-state index contributed by atoms with van der Waals surface area (Å²) in [6.07, 6.45) is 4.45. The van der Waals surface area contributed by atoms with E-state index in [4.69, 9.17) is 15.6 Å². The predicted octanol–water partition coefficient (Wildman–Crippen LogP) is 3.09. The van der Waals surface area contributed by atoms with Crippen LogP contribution in [0.4, 0.5) is 21.6 Å². The van der Waals surface area contributed by atoms with Gasteiger partial charge >= 0.3 is 0 Å². The molecule has 0 unspecified atom stereocenters. The Bertz CT molecular complexity index is 1230. The Morgan fingerprint density at radius 3 is 3.00 bits per heavy atom. The topological polar surface area (TPSA) is 122 Å². The molecule has 0 bridgehead atoms. The van der Waals surface area contributed by atoms with Gasteiger partial charge in [-0.2, -0.15) is 0 Å². The van der Waals surface area contributed by atoms with Gasteiger partial charge in [-0.05, 0) is 48.8 Å². The van der Waals surface area contributed by atoms with Gasteiger partial charge in [0.05, 0.1) is 5.69 Å². The number of nitrogen functional groups attached to an aromatic ring is 1. The molecular formula is C23H24FN5O3. The first kappa shape index (κ1) is 20.4. The van der Waals surface area contributed by atoms with Crippen LogP contribution in [0.1, 0.15) is 18.4 Å². The number of anilines is 3. The Hall–Kier alpha value is -3.46. The Labute approximate surface area is 184 Å². The van der Waals surface area contributed by atoms with Gasteiger partial charge in [-0.3, -0.25) is 4.79 Å². The number of aliphatic hydroxyl groups excluding tert-OH is 1. The smallest absolute Gasteiger partial charge is 0.237 e. The summed E-state index contributed by atoms with van der Waals surface area (Å²) in [5, 5.41) is 16.2. The minimum absolute atomic E-state index is 0.00518. The van der Waals surface area contributed by atoms with Crippen LogP contribution in [-0.4, -0.2) is 40.7 Å². The van der Waals surface area contributed by atoms with Gasteiger partial charge in [-0.25, -0.2) is 14.4 Å². The van der Waals surface area contributed by atoms with Gasteiger partial charge in [0.25, 0.3) is 0 Å². The summed E-state index contributed by atoms with van der Waals surface area (Å²) in [5.41, 5.74) is 8.61. The van der Waals surface area contributed by atoms with E-state index >= 15 is 4.39 Å². The summed E-state index contributed by atoms with van der Waals surface area (Å²) in [7, 11) is 0. The van der Waals surface area contributed by atoms with Crippen LogP contribution >= 0.6 is 0 Å². The zero-order chi connectivity index (χ0) is 22.4. The number of aromatic nitrogens is 2. The number of pyridine rings is 2. The number of ether oxygens (including phenoxy) is 1. The zero-order valence-corrected chi connectivity index (χ0v) is 17.6. The first-order valence-electron chi connectivity index (χ1n) is 10.6. The van der Waals surface area contributed by atoms with Crippen LogP contribution in [0.25, 0.3) is 21.9 Å². The number of hydrogen-bond donors (Lipinski definition) is 4. The van der Waals surface area contributed by atoms with Crippen LogP contribution < -0.4 is 21.1 Å². The minimum atomic E-state index is -0.539. The van der Waals surface area contributed by atoms with Crippen molar-refractivity contribution < 1.29 is 19.0 Å². The summed E-state index contributed by atoms with van der Waals surface area (Å²) >= 11 is 0. The number of nitrogens with zero attached hydrogens (tertiary/aromatic N) is 2. The normalized spacial score (nSPS) is 19.1. The number of rotatable bonds is 5. The number of amides is 1. The fourth-order valence-corrected chi connectivity index (χ4v) is 4.33. The molecule has 2 aromatic heterocycles. The van der Waals surface area contributed by atoms with Crippen LogP contribution in [0.5, 0.6) is 5.88 Å². The van der Waals surface area contributed by atoms with E-state index in [1.54, 1.807) is 18.3 Å². The lowest BCUT2D eigenvalue weighted by Gasteiger charge is -2.22. The van der Waals surface area contributed by atoms with Crippen LogP contribution in [0.2, 0.25) is 0 Å². The van der Waals surface area contributed by atoms with Crippen LogP contribution in [0.15, 0.2) is 24.5 Å². The van der Waals surface area contributed by atoms with Gasteiger partial charge in [0.1, 0.15) is 18.1 Å². The average Bonchev–Trinajstić information content (AvgIpc) is 3.57. The highest BCUT2D eigenvalue weighted by molar-refractivity contribution is 6.00. The van der Waals surface area contributed by atoms with Crippen molar-refractivity contribution in [3.05, 3.63) is 35.9 Å². The van der Waals surface area contributed by atoms with Gasteiger partial charge in [0, 0.05) is 48.0 Å². The van der Waals surface area contributed by atoms with E-state index in [0.29, 0.717) is 53.2 Å². The highest BCUT2D eigenvalue weighted by atomic mass is 19.1. The largest absolute Gasteiger partial charge is 0.474 e. The molecule has 3 heterocycles. The molecule has 0 spiro atoms. The fraction of sp³-hybridized carbons (Fsp3) is 0.348. The summed E-state index contributed by atoms with van der Waals surface area (Å²) in [6, 6.07) is 3.39. The van der Waals surface area contributed by atoms with Crippen molar-refractivity contribution in [3.8, 4) is 17.0 Å². The van der Waals surface area contributed by atoms with Crippen LogP contribution in [0.3, 0.4) is 0 Å². The Morgan fingerprint density at radius 1 is 1.34 bits per heavy atom. The maximum absolute atomic E-state index is 15.2. The number of aliphatic hydroxyl groups is 1. The van der Waals surface area contributed by atoms with Crippen molar-refractivity contribution in [2.45, 2.75) is 19.8 Å². The van der Waals surface area contributed by atoms with E-state index in [2.05, 4.69) is 20.6 Å². The summed E-state index contributed by atoms with van der Waals surface area (Å²) in [6.45, 7) is 3.14. The Balaban J connectivity index is 1.51. The Morgan fingerprint density at radius 2 is 2.19 bits per heavy atom.